The Balaban J connectivity index is 1.45. The first kappa shape index (κ1) is 27.9. The zero-order chi connectivity index (χ0) is 28.4. The molecular weight excluding hydrogens is 582 g/mol. The van der Waals surface area contributed by atoms with Crippen LogP contribution >= 0.6 is 15.9 Å². The van der Waals surface area contributed by atoms with Gasteiger partial charge in [-0.15, -0.1) is 0 Å². The molecule has 0 unspecified atom stereocenters. The van der Waals surface area contributed by atoms with Crippen molar-refractivity contribution in [3.63, 3.8) is 0 Å². The molecule has 0 aliphatic carbocycles. The molecule has 11 nitrogen and oxygen atoms in total. The van der Waals surface area contributed by atoms with Gasteiger partial charge in [0.1, 0.15) is 5.69 Å². The summed E-state index contributed by atoms with van der Waals surface area (Å²) in [4.78, 5) is 44.6. The SMILES string of the molecule is C[C@@H]1CN(C(=O)c2cc(Br)cc([N+](=O)[O-])c2N[C@@H]2COCC[C@@H]2NC(=O)c2cncc3ccccc23)C[C@H](C)O1. The number of hydrogen-bond donors (Lipinski definition) is 2. The summed E-state index contributed by atoms with van der Waals surface area (Å²) in [6.07, 6.45) is 3.38. The van der Waals surface area contributed by atoms with Gasteiger partial charge in [-0.05, 0) is 31.7 Å². The number of amides is 2. The van der Waals surface area contributed by atoms with E-state index in [1.165, 1.54) is 12.3 Å². The molecule has 2 aliphatic rings. The zero-order valence-electron chi connectivity index (χ0n) is 22.1. The minimum atomic E-state index is -0.533. The third-order valence-electron chi connectivity index (χ3n) is 7.13. The van der Waals surface area contributed by atoms with Gasteiger partial charge in [-0.2, -0.15) is 0 Å². The molecule has 1 aromatic heterocycles. The van der Waals surface area contributed by atoms with Gasteiger partial charge in [-0.25, -0.2) is 0 Å². The first-order valence-corrected chi connectivity index (χ1v) is 13.9. The van der Waals surface area contributed by atoms with Crippen molar-refractivity contribution in [1.29, 1.82) is 0 Å². The van der Waals surface area contributed by atoms with Crippen molar-refractivity contribution < 1.29 is 24.0 Å². The molecule has 12 heteroatoms. The Morgan fingerprint density at radius 3 is 2.60 bits per heavy atom. The van der Waals surface area contributed by atoms with Gasteiger partial charge in [0.2, 0.25) is 0 Å². The highest BCUT2D eigenvalue weighted by Crippen LogP contribution is 2.35. The fraction of sp³-hybridized carbons (Fsp3) is 0.393. The van der Waals surface area contributed by atoms with Crippen LogP contribution < -0.4 is 10.6 Å². The highest BCUT2D eigenvalue weighted by atomic mass is 79.9. The summed E-state index contributed by atoms with van der Waals surface area (Å²) in [5, 5.41) is 20.0. The molecule has 2 aliphatic heterocycles. The van der Waals surface area contributed by atoms with Gasteiger partial charge in [0, 0.05) is 48.0 Å². The first-order chi connectivity index (χ1) is 19.2. The largest absolute Gasteiger partial charge is 0.379 e. The van der Waals surface area contributed by atoms with E-state index < -0.39 is 17.0 Å². The summed E-state index contributed by atoms with van der Waals surface area (Å²) >= 11 is 3.33. The number of hydrogen-bond acceptors (Lipinski definition) is 8. The maximum absolute atomic E-state index is 13.7. The first-order valence-electron chi connectivity index (χ1n) is 13.1. The Kier molecular flexibility index (Phi) is 8.29. The van der Waals surface area contributed by atoms with Gasteiger partial charge in [0.15, 0.2) is 0 Å². The molecule has 0 spiro atoms. The average molecular weight is 612 g/mol. The second-order valence-electron chi connectivity index (χ2n) is 10.2. The fourth-order valence-corrected chi connectivity index (χ4v) is 5.80. The van der Waals surface area contributed by atoms with Crippen LogP contribution in [0.3, 0.4) is 0 Å². The normalized spacial score (nSPS) is 23.0. The molecule has 0 saturated carbocycles. The fourth-order valence-electron chi connectivity index (χ4n) is 5.35. The van der Waals surface area contributed by atoms with E-state index >= 15 is 0 Å². The second kappa shape index (κ2) is 11.9. The number of fused-ring (bicyclic) bond motifs is 1. The number of pyridine rings is 1. The molecule has 5 rings (SSSR count). The van der Waals surface area contributed by atoms with Gasteiger partial charge >= 0.3 is 0 Å². The molecular formula is C28H30BrN5O6. The molecule has 3 heterocycles. The quantitative estimate of drug-likeness (QED) is 0.313. The summed E-state index contributed by atoms with van der Waals surface area (Å²) in [5.74, 6) is -0.644. The average Bonchev–Trinajstić information content (AvgIpc) is 2.93. The molecule has 2 saturated heterocycles. The zero-order valence-corrected chi connectivity index (χ0v) is 23.7. The van der Waals surface area contributed by atoms with Crippen molar-refractivity contribution in [1.82, 2.24) is 15.2 Å². The monoisotopic (exact) mass is 611 g/mol. The van der Waals surface area contributed by atoms with Crippen molar-refractivity contribution in [2.75, 3.05) is 31.6 Å². The Morgan fingerprint density at radius 1 is 1.10 bits per heavy atom. The lowest BCUT2D eigenvalue weighted by Crippen LogP contribution is -2.52. The van der Waals surface area contributed by atoms with E-state index in [2.05, 4.69) is 31.5 Å². The molecule has 2 amide bonds. The van der Waals surface area contributed by atoms with E-state index in [0.717, 1.165) is 10.8 Å². The second-order valence-corrected chi connectivity index (χ2v) is 11.1. The number of morpholine rings is 1. The van der Waals surface area contributed by atoms with E-state index in [1.54, 1.807) is 17.2 Å². The van der Waals surface area contributed by atoms with Crippen LogP contribution in [0, 0.1) is 10.1 Å². The maximum atomic E-state index is 13.7. The lowest BCUT2D eigenvalue weighted by Gasteiger charge is -2.36. The lowest BCUT2D eigenvalue weighted by atomic mass is 10.00. The number of halogens is 1. The number of aromatic nitrogens is 1. The number of nitrogens with one attached hydrogen (secondary N) is 2. The van der Waals surface area contributed by atoms with Crippen LogP contribution in [0.5, 0.6) is 0 Å². The number of carbonyl (C=O) groups excluding carboxylic acids is 2. The van der Waals surface area contributed by atoms with E-state index in [0.29, 0.717) is 36.2 Å². The van der Waals surface area contributed by atoms with Crippen LogP contribution in [0.4, 0.5) is 11.4 Å². The van der Waals surface area contributed by atoms with Crippen LogP contribution in [0.25, 0.3) is 10.8 Å². The number of benzene rings is 2. The molecule has 3 aromatic rings. The van der Waals surface area contributed by atoms with Crippen molar-refractivity contribution in [2.24, 2.45) is 0 Å². The van der Waals surface area contributed by atoms with E-state index in [-0.39, 0.29) is 47.6 Å². The van der Waals surface area contributed by atoms with Crippen molar-refractivity contribution in [3.8, 4) is 0 Å². The molecule has 2 aromatic carbocycles. The van der Waals surface area contributed by atoms with Crippen LogP contribution in [0.2, 0.25) is 0 Å². The smallest absolute Gasteiger partial charge is 0.294 e. The number of rotatable bonds is 6. The summed E-state index contributed by atoms with van der Waals surface area (Å²) in [7, 11) is 0. The predicted octanol–water partition coefficient (Wildman–Crippen LogP) is 4.15. The van der Waals surface area contributed by atoms with Crippen LogP contribution in [0.1, 0.15) is 41.0 Å². The van der Waals surface area contributed by atoms with Crippen molar-refractivity contribution in [3.05, 3.63) is 74.5 Å². The summed E-state index contributed by atoms with van der Waals surface area (Å²) < 4.78 is 11.9. The van der Waals surface area contributed by atoms with E-state index in [9.17, 15) is 19.7 Å². The molecule has 40 heavy (non-hydrogen) atoms. The van der Waals surface area contributed by atoms with Gasteiger partial charge in [0.25, 0.3) is 17.5 Å². The molecule has 0 radical (unpaired) electrons. The van der Waals surface area contributed by atoms with Crippen LogP contribution in [-0.4, -0.2) is 77.2 Å². The summed E-state index contributed by atoms with van der Waals surface area (Å²) in [6, 6.07) is 9.49. The van der Waals surface area contributed by atoms with Gasteiger partial charge < -0.3 is 25.0 Å². The Morgan fingerprint density at radius 2 is 1.85 bits per heavy atom. The third kappa shape index (κ3) is 5.93. The highest BCUT2D eigenvalue weighted by Gasteiger charge is 2.34. The van der Waals surface area contributed by atoms with Crippen molar-refractivity contribution >= 4 is 49.9 Å². The number of nitro groups is 1. The number of ether oxygens (including phenoxy) is 2. The molecule has 2 N–H and O–H groups in total. The number of nitrogens with zero attached hydrogens (tertiary/aromatic N) is 3. The Hall–Kier alpha value is -3.61. The minimum absolute atomic E-state index is 0.0894. The lowest BCUT2D eigenvalue weighted by molar-refractivity contribution is -0.384. The third-order valence-corrected chi connectivity index (χ3v) is 7.59. The van der Waals surface area contributed by atoms with E-state index in [4.69, 9.17) is 9.47 Å². The van der Waals surface area contributed by atoms with Crippen LogP contribution in [0.15, 0.2) is 53.3 Å². The minimum Gasteiger partial charge on any atom is -0.379 e. The topological polar surface area (TPSA) is 136 Å². The van der Waals surface area contributed by atoms with Crippen molar-refractivity contribution in [2.45, 2.75) is 44.6 Å². The summed E-state index contributed by atoms with van der Waals surface area (Å²) in [5.41, 5.74) is 0.438. The molecule has 0 bridgehead atoms. The van der Waals surface area contributed by atoms with E-state index in [1.807, 2.05) is 38.1 Å². The predicted molar refractivity (Wildman–Crippen MR) is 153 cm³/mol. The maximum Gasteiger partial charge on any atom is 0.294 e. The Bertz CT molecular complexity index is 1440. The van der Waals surface area contributed by atoms with Gasteiger partial charge in [0.05, 0.1) is 46.9 Å². The number of nitro benzene ring substituents is 1. The number of carbonyl (C=O) groups is 2. The van der Waals surface area contributed by atoms with Crippen LogP contribution in [-0.2, 0) is 9.47 Å². The van der Waals surface area contributed by atoms with Gasteiger partial charge in [-0.1, -0.05) is 40.2 Å². The highest BCUT2D eigenvalue weighted by molar-refractivity contribution is 9.10. The Labute approximate surface area is 239 Å². The molecule has 4 atom stereocenters. The molecule has 2 fully saturated rings. The van der Waals surface area contributed by atoms with Gasteiger partial charge in [-0.3, -0.25) is 24.7 Å². The standard InChI is InChI=1S/C28H30BrN5O6/c1-16-13-33(14-17(2)40-16)28(36)21-9-19(29)10-25(34(37)38)26(21)31-24-15-39-8-7-23(24)32-27(35)22-12-30-11-18-5-3-4-6-20(18)22/h3-6,9-12,16-17,23-24,31H,7-8,13-15H2,1-2H3,(H,32,35)/t16-,17+,23-,24+/m0/s1. The summed E-state index contributed by atoms with van der Waals surface area (Å²) in [6.45, 7) is 5.10. The molecule has 210 valence electrons. The number of anilines is 1.